The zero-order chi connectivity index (χ0) is 11.4. The minimum atomic E-state index is -0.382. The van der Waals surface area contributed by atoms with Crippen LogP contribution in [0.3, 0.4) is 0 Å². The summed E-state index contributed by atoms with van der Waals surface area (Å²) in [4.78, 5) is 11.6. The van der Waals surface area contributed by atoms with Crippen LogP contribution in [0.2, 0.25) is 5.02 Å². The maximum Gasteiger partial charge on any atom is 0.165 e. The van der Waals surface area contributed by atoms with Gasteiger partial charge in [-0.25, -0.2) is 4.39 Å². The van der Waals surface area contributed by atoms with Gasteiger partial charge in [-0.05, 0) is 30.9 Å². The lowest BCUT2D eigenvalue weighted by molar-refractivity contribution is 0.0989. The first-order chi connectivity index (χ1) is 7.06. The molecule has 0 spiro atoms. The van der Waals surface area contributed by atoms with Crippen LogP contribution in [0.5, 0.6) is 0 Å². The van der Waals surface area contributed by atoms with Crippen LogP contribution in [0.1, 0.15) is 22.3 Å². The average molecular weight is 247 g/mol. The molecule has 1 aromatic carbocycles. The van der Waals surface area contributed by atoms with Gasteiger partial charge in [0.2, 0.25) is 0 Å². The highest BCUT2D eigenvalue weighted by Gasteiger charge is 2.12. The Bertz CT molecular complexity index is 379. The molecule has 82 valence electrons. The molecule has 0 aliphatic carbocycles. The van der Waals surface area contributed by atoms with Crippen molar-refractivity contribution in [2.24, 2.45) is 0 Å². The molecule has 0 saturated heterocycles. The normalized spacial score (nSPS) is 10.4. The number of Topliss-reactive ketones (excluding diaryl/α,β-unsaturated/α-hetero) is 1. The summed E-state index contributed by atoms with van der Waals surface area (Å²) in [5.41, 5.74) is 0.746. The Kier molecular flexibility index (Phi) is 4.61. The fourth-order valence-electron chi connectivity index (χ4n) is 1.19. The topological polar surface area (TPSA) is 17.1 Å². The lowest BCUT2D eigenvalue weighted by atomic mass is 10.1. The summed E-state index contributed by atoms with van der Waals surface area (Å²) in [5.74, 6) is 0.241. The van der Waals surface area contributed by atoms with Gasteiger partial charge in [-0.15, -0.1) is 0 Å². The van der Waals surface area contributed by atoms with E-state index >= 15 is 0 Å². The number of ketones is 1. The van der Waals surface area contributed by atoms with Crippen molar-refractivity contribution in [3.8, 4) is 0 Å². The van der Waals surface area contributed by atoms with E-state index in [0.29, 0.717) is 17.0 Å². The third-order valence-corrected chi connectivity index (χ3v) is 3.01. The standard InChI is InChI=1S/C11H12ClFOS/c1-7-5-9(12)8(6-10(7)13)11(14)3-4-15-2/h5-6H,3-4H2,1-2H3. The second-order valence-electron chi connectivity index (χ2n) is 3.25. The lowest BCUT2D eigenvalue weighted by Gasteiger charge is -2.05. The van der Waals surface area contributed by atoms with Gasteiger partial charge in [0.05, 0.1) is 5.02 Å². The van der Waals surface area contributed by atoms with Crippen molar-refractivity contribution in [2.75, 3.05) is 12.0 Å². The minimum absolute atomic E-state index is 0.103. The van der Waals surface area contributed by atoms with E-state index in [0.717, 1.165) is 5.75 Å². The summed E-state index contributed by atoms with van der Waals surface area (Å²) in [5, 5.41) is 0.333. The van der Waals surface area contributed by atoms with Crippen molar-refractivity contribution in [2.45, 2.75) is 13.3 Å². The molecule has 0 fully saturated rings. The maximum absolute atomic E-state index is 13.2. The van der Waals surface area contributed by atoms with Crippen LogP contribution in [0, 0.1) is 12.7 Å². The van der Waals surface area contributed by atoms with Crippen molar-refractivity contribution < 1.29 is 9.18 Å². The average Bonchev–Trinajstić information content (AvgIpc) is 2.20. The Morgan fingerprint density at radius 3 is 2.80 bits per heavy atom. The highest BCUT2D eigenvalue weighted by molar-refractivity contribution is 7.98. The molecule has 0 atom stereocenters. The fraction of sp³-hybridized carbons (Fsp3) is 0.364. The van der Waals surface area contributed by atoms with Crippen LogP contribution in [0.4, 0.5) is 4.39 Å². The second-order valence-corrected chi connectivity index (χ2v) is 4.64. The molecular formula is C11H12ClFOS. The first-order valence-corrected chi connectivity index (χ1v) is 6.31. The van der Waals surface area contributed by atoms with E-state index in [2.05, 4.69) is 0 Å². The predicted molar refractivity (Wildman–Crippen MR) is 63.5 cm³/mol. The van der Waals surface area contributed by atoms with E-state index in [1.54, 1.807) is 18.7 Å². The van der Waals surface area contributed by atoms with Crippen LogP contribution in [0.25, 0.3) is 0 Å². The van der Waals surface area contributed by atoms with Crippen LogP contribution in [-0.2, 0) is 0 Å². The number of carbonyl (C=O) groups is 1. The van der Waals surface area contributed by atoms with Gasteiger partial charge < -0.3 is 0 Å². The van der Waals surface area contributed by atoms with Crippen molar-refractivity contribution >= 4 is 29.1 Å². The Balaban J connectivity index is 2.94. The van der Waals surface area contributed by atoms with Gasteiger partial charge in [0.15, 0.2) is 5.78 Å². The van der Waals surface area contributed by atoms with Crippen molar-refractivity contribution in [1.82, 2.24) is 0 Å². The predicted octanol–water partition coefficient (Wildman–Crippen LogP) is 3.72. The summed E-state index contributed by atoms with van der Waals surface area (Å²) in [6.45, 7) is 1.62. The number of carbonyl (C=O) groups excluding carboxylic acids is 1. The van der Waals surface area contributed by atoms with Crippen LogP contribution in [0.15, 0.2) is 12.1 Å². The molecular weight excluding hydrogens is 235 g/mol. The highest BCUT2D eigenvalue weighted by atomic mass is 35.5. The van der Waals surface area contributed by atoms with E-state index < -0.39 is 0 Å². The Morgan fingerprint density at radius 2 is 2.20 bits per heavy atom. The Morgan fingerprint density at radius 1 is 1.53 bits per heavy atom. The van der Waals surface area contributed by atoms with Gasteiger partial charge in [-0.3, -0.25) is 4.79 Å². The molecule has 0 aliphatic heterocycles. The van der Waals surface area contributed by atoms with Gasteiger partial charge in [-0.1, -0.05) is 11.6 Å². The molecule has 0 N–H and O–H groups in total. The number of thioether (sulfide) groups is 1. The smallest absolute Gasteiger partial charge is 0.165 e. The summed E-state index contributed by atoms with van der Waals surface area (Å²) in [6, 6.07) is 2.71. The van der Waals surface area contributed by atoms with Crippen LogP contribution in [-0.4, -0.2) is 17.8 Å². The quantitative estimate of drug-likeness (QED) is 0.754. The number of halogens is 2. The zero-order valence-corrected chi connectivity index (χ0v) is 10.2. The van der Waals surface area contributed by atoms with Gasteiger partial charge in [0, 0.05) is 17.7 Å². The van der Waals surface area contributed by atoms with Crippen molar-refractivity contribution in [3.05, 3.63) is 34.1 Å². The van der Waals surface area contributed by atoms with Crippen molar-refractivity contribution in [3.63, 3.8) is 0 Å². The molecule has 15 heavy (non-hydrogen) atoms. The van der Waals surface area contributed by atoms with E-state index in [-0.39, 0.29) is 17.2 Å². The Hall–Kier alpha value is -0.540. The van der Waals surface area contributed by atoms with E-state index in [1.165, 1.54) is 12.1 Å². The molecule has 0 aromatic heterocycles. The molecule has 0 radical (unpaired) electrons. The maximum atomic E-state index is 13.2. The first-order valence-electron chi connectivity index (χ1n) is 4.54. The first kappa shape index (κ1) is 12.5. The van der Waals surface area contributed by atoms with E-state index in [9.17, 15) is 9.18 Å². The number of hydrogen-bond acceptors (Lipinski definition) is 2. The van der Waals surface area contributed by atoms with Crippen LogP contribution < -0.4 is 0 Å². The van der Waals surface area contributed by atoms with Crippen LogP contribution >= 0.6 is 23.4 Å². The fourth-order valence-corrected chi connectivity index (χ4v) is 1.90. The summed E-state index contributed by atoms with van der Waals surface area (Å²) >= 11 is 7.46. The highest BCUT2D eigenvalue weighted by Crippen LogP contribution is 2.22. The van der Waals surface area contributed by atoms with Gasteiger partial charge >= 0.3 is 0 Å². The molecule has 0 amide bonds. The summed E-state index contributed by atoms with van der Waals surface area (Å²) in [6.07, 6.45) is 2.31. The summed E-state index contributed by atoms with van der Waals surface area (Å²) in [7, 11) is 0. The molecule has 0 saturated carbocycles. The molecule has 0 bridgehead atoms. The molecule has 0 unspecified atom stereocenters. The zero-order valence-electron chi connectivity index (χ0n) is 8.64. The van der Waals surface area contributed by atoms with E-state index in [4.69, 9.17) is 11.6 Å². The lowest BCUT2D eigenvalue weighted by Crippen LogP contribution is -2.03. The molecule has 0 aliphatic rings. The SMILES string of the molecule is CSCCC(=O)c1cc(F)c(C)cc1Cl. The molecule has 0 heterocycles. The Labute approximate surface area is 98.0 Å². The molecule has 1 aromatic rings. The molecule has 1 nitrogen and oxygen atoms in total. The van der Waals surface area contributed by atoms with Gasteiger partial charge in [0.1, 0.15) is 5.82 Å². The van der Waals surface area contributed by atoms with Crippen molar-refractivity contribution in [1.29, 1.82) is 0 Å². The molecule has 1 rings (SSSR count). The largest absolute Gasteiger partial charge is 0.294 e. The monoisotopic (exact) mass is 246 g/mol. The number of rotatable bonds is 4. The molecule has 4 heteroatoms. The van der Waals surface area contributed by atoms with Gasteiger partial charge in [0.25, 0.3) is 0 Å². The third kappa shape index (κ3) is 3.21. The van der Waals surface area contributed by atoms with Gasteiger partial charge in [-0.2, -0.15) is 11.8 Å². The number of aryl methyl sites for hydroxylation is 1. The minimum Gasteiger partial charge on any atom is -0.294 e. The van der Waals surface area contributed by atoms with E-state index in [1.807, 2.05) is 6.26 Å². The number of hydrogen-bond donors (Lipinski definition) is 0. The third-order valence-electron chi connectivity index (χ3n) is 2.08. The second kappa shape index (κ2) is 5.52. The number of benzene rings is 1. The summed E-state index contributed by atoms with van der Waals surface area (Å²) < 4.78 is 13.2.